The summed E-state index contributed by atoms with van der Waals surface area (Å²) < 4.78 is 2.03. The van der Waals surface area contributed by atoms with Crippen molar-refractivity contribution < 1.29 is 0 Å². The van der Waals surface area contributed by atoms with E-state index in [1.165, 1.54) is 18.5 Å². The maximum absolute atomic E-state index is 4.18. The van der Waals surface area contributed by atoms with Crippen LogP contribution in [0.3, 0.4) is 0 Å². The minimum atomic E-state index is 0.973. The Balaban J connectivity index is 2.32. The first-order chi connectivity index (χ1) is 5.34. The second-order valence-corrected chi connectivity index (χ2v) is 3.07. The molecular weight excluding hydrogens is 156 g/mol. The van der Waals surface area contributed by atoms with E-state index in [-0.39, 0.29) is 0 Å². The molecule has 0 N–H and O–H groups in total. The van der Waals surface area contributed by atoms with E-state index in [1.54, 1.807) is 0 Å². The highest BCUT2D eigenvalue weighted by atomic mass is 32.1. The summed E-state index contributed by atoms with van der Waals surface area (Å²) in [6, 6.07) is 2.03. The molecule has 0 amide bonds. The van der Waals surface area contributed by atoms with Gasteiger partial charge >= 0.3 is 0 Å². The second kappa shape index (κ2) is 4.44. The quantitative estimate of drug-likeness (QED) is 0.540. The largest absolute Gasteiger partial charge is 0.270 e. The second-order valence-electron chi connectivity index (χ2n) is 2.63. The molecule has 0 aliphatic carbocycles. The number of hydrogen-bond acceptors (Lipinski definition) is 2. The maximum Gasteiger partial charge on any atom is 0.0492 e. The van der Waals surface area contributed by atoms with Gasteiger partial charge in [0.05, 0.1) is 0 Å². The summed E-state index contributed by atoms with van der Waals surface area (Å²) in [5.41, 5.74) is 1.24. The fourth-order valence-corrected chi connectivity index (χ4v) is 1.23. The molecule has 0 saturated heterocycles. The predicted molar refractivity (Wildman–Crippen MR) is 50.1 cm³/mol. The number of thiol groups is 1. The highest BCUT2D eigenvalue weighted by molar-refractivity contribution is 7.80. The van der Waals surface area contributed by atoms with Crippen LogP contribution in [0.1, 0.15) is 18.5 Å². The number of unbranched alkanes of at least 4 members (excludes halogenated alkanes) is 1. The van der Waals surface area contributed by atoms with Gasteiger partial charge in [-0.05, 0) is 31.6 Å². The zero-order chi connectivity index (χ0) is 8.10. The zero-order valence-corrected chi connectivity index (χ0v) is 7.72. The lowest BCUT2D eigenvalue weighted by molar-refractivity contribution is 0.561. The van der Waals surface area contributed by atoms with E-state index in [4.69, 9.17) is 0 Å². The molecule has 0 saturated carbocycles. The van der Waals surface area contributed by atoms with Crippen molar-refractivity contribution >= 4 is 12.6 Å². The first-order valence-electron chi connectivity index (χ1n) is 3.94. The molecule has 0 bridgehead atoms. The predicted octanol–water partition coefficient (Wildman–Crippen LogP) is 1.90. The molecule has 0 aromatic carbocycles. The van der Waals surface area contributed by atoms with Gasteiger partial charge < -0.3 is 0 Å². The van der Waals surface area contributed by atoms with Gasteiger partial charge in [0.15, 0.2) is 0 Å². The van der Waals surface area contributed by atoms with Crippen LogP contribution in [0.25, 0.3) is 0 Å². The summed E-state index contributed by atoms with van der Waals surface area (Å²) in [7, 11) is 0. The van der Waals surface area contributed by atoms with Gasteiger partial charge in [0.1, 0.15) is 0 Å². The standard InChI is InChI=1S/C8H14N2S/c1-8-4-5-9-10(8)6-2-3-7-11/h4-5,11H,2-3,6-7H2,1H3. The summed E-state index contributed by atoms with van der Waals surface area (Å²) in [6.45, 7) is 3.10. The molecule has 1 rings (SSSR count). The van der Waals surface area contributed by atoms with Crippen molar-refractivity contribution in [2.24, 2.45) is 0 Å². The number of aromatic nitrogens is 2. The molecule has 1 aromatic heterocycles. The lowest BCUT2D eigenvalue weighted by atomic mass is 10.3. The van der Waals surface area contributed by atoms with Crippen LogP contribution < -0.4 is 0 Å². The third-order valence-corrected chi connectivity index (χ3v) is 2.02. The molecule has 1 heterocycles. The van der Waals surface area contributed by atoms with Crippen LogP contribution in [0.5, 0.6) is 0 Å². The summed E-state index contributed by atoms with van der Waals surface area (Å²) in [5, 5.41) is 4.18. The van der Waals surface area contributed by atoms with Crippen LogP contribution >= 0.6 is 12.6 Å². The Morgan fingerprint density at radius 1 is 1.55 bits per heavy atom. The third-order valence-electron chi connectivity index (χ3n) is 1.71. The fraction of sp³-hybridized carbons (Fsp3) is 0.625. The van der Waals surface area contributed by atoms with Crippen molar-refractivity contribution in [3.63, 3.8) is 0 Å². The average molecular weight is 170 g/mol. The lowest BCUT2D eigenvalue weighted by Crippen LogP contribution is -2.01. The van der Waals surface area contributed by atoms with Gasteiger partial charge in [0.25, 0.3) is 0 Å². The Morgan fingerprint density at radius 3 is 2.91 bits per heavy atom. The van der Waals surface area contributed by atoms with Gasteiger partial charge in [-0.25, -0.2) is 0 Å². The molecule has 62 valence electrons. The van der Waals surface area contributed by atoms with Crippen molar-refractivity contribution in [2.45, 2.75) is 26.3 Å². The molecule has 11 heavy (non-hydrogen) atoms. The average Bonchev–Trinajstić information content (AvgIpc) is 2.37. The lowest BCUT2D eigenvalue weighted by Gasteiger charge is -2.01. The van der Waals surface area contributed by atoms with E-state index in [2.05, 4.69) is 24.7 Å². The molecule has 1 aromatic rings. The van der Waals surface area contributed by atoms with E-state index >= 15 is 0 Å². The Labute approximate surface area is 73.0 Å². The summed E-state index contributed by atoms with van der Waals surface area (Å²) in [5.74, 6) is 0.973. The summed E-state index contributed by atoms with van der Waals surface area (Å²) in [6.07, 6.45) is 4.18. The molecule has 2 nitrogen and oxygen atoms in total. The molecule has 0 radical (unpaired) electrons. The van der Waals surface area contributed by atoms with Crippen molar-refractivity contribution in [3.8, 4) is 0 Å². The van der Waals surface area contributed by atoms with Crippen molar-refractivity contribution in [3.05, 3.63) is 18.0 Å². The van der Waals surface area contributed by atoms with E-state index in [0.29, 0.717) is 0 Å². The van der Waals surface area contributed by atoms with Gasteiger partial charge in [0.2, 0.25) is 0 Å². The van der Waals surface area contributed by atoms with Gasteiger partial charge in [-0.3, -0.25) is 4.68 Å². The number of rotatable bonds is 4. The molecule has 0 spiro atoms. The molecule has 0 unspecified atom stereocenters. The van der Waals surface area contributed by atoms with E-state index in [1.807, 2.05) is 16.9 Å². The van der Waals surface area contributed by atoms with Crippen LogP contribution in [0.2, 0.25) is 0 Å². The van der Waals surface area contributed by atoms with Crippen LogP contribution in [-0.4, -0.2) is 15.5 Å². The van der Waals surface area contributed by atoms with Gasteiger partial charge in [-0.1, -0.05) is 0 Å². The minimum absolute atomic E-state index is 0.973. The van der Waals surface area contributed by atoms with Gasteiger partial charge in [0, 0.05) is 18.4 Å². The number of hydrogen-bond donors (Lipinski definition) is 1. The van der Waals surface area contributed by atoms with Crippen molar-refractivity contribution in [1.82, 2.24) is 9.78 Å². The summed E-state index contributed by atoms with van der Waals surface area (Å²) in [4.78, 5) is 0. The van der Waals surface area contributed by atoms with E-state index in [0.717, 1.165) is 12.3 Å². The number of aryl methyl sites for hydroxylation is 2. The van der Waals surface area contributed by atoms with Crippen LogP contribution in [-0.2, 0) is 6.54 Å². The Kier molecular flexibility index (Phi) is 3.49. The highest BCUT2D eigenvalue weighted by Gasteiger charge is 1.94. The Hall–Kier alpha value is -0.440. The van der Waals surface area contributed by atoms with Crippen LogP contribution in [0.4, 0.5) is 0 Å². The molecular formula is C8H14N2S. The minimum Gasteiger partial charge on any atom is -0.270 e. The SMILES string of the molecule is Cc1ccnn1CCCCS. The smallest absolute Gasteiger partial charge is 0.0492 e. The molecule has 0 aliphatic rings. The van der Waals surface area contributed by atoms with E-state index < -0.39 is 0 Å². The van der Waals surface area contributed by atoms with Crippen molar-refractivity contribution in [2.75, 3.05) is 5.75 Å². The summed E-state index contributed by atoms with van der Waals surface area (Å²) >= 11 is 4.15. The highest BCUT2D eigenvalue weighted by Crippen LogP contribution is 1.99. The first kappa shape index (κ1) is 8.65. The van der Waals surface area contributed by atoms with E-state index in [9.17, 15) is 0 Å². The Morgan fingerprint density at radius 2 is 2.36 bits per heavy atom. The zero-order valence-electron chi connectivity index (χ0n) is 6.82. The molecule has 0 fully saturated rings. The van der Waals surface area contributed by atoms with Crippen LogP contribution in [0, 0.1) is 6.92 Å². The third kappa shape index (κ3) is 2.58. The molecule has 0 aliphatic heterocycles. The Bertz CT molecular complexity index is 208. The monoisotopic (exact) mass is 170 g/mol. The fourth-order valence-electron chi connectivity index (χ4n) is 1.01. The maximum atomic E-state index is 4.18. The topological polar surface area (TPSA) is 17.8 Å². The molecule has 3 heteroatoms. The molecule has 0 atom stereocenters. The normalized spacial score (nSPS) is 10.4. The van der Waals surface area contributed by atoms with Crippen LogP contribution in [0.15, 0.2) is 12.3 Å². The van der Waals surface area contributed by atoms with Crippen molar-refractivity contribution in [1.29, 1.82) is 0 Å². The van der Waals surface area contributed by atoms with Gasteiger partial charge in [-0.15, -0.1) is 0 Å². The first-order valence-corrected chi connectivity index (χ1v) is 4.57. The van der Waals surface area contributed by atoms with Gasteiger partial charge in [-0.2, -0.15) is 17.7 Å². The number of nitrogens with zero attached hydrogens (tertiary/aromatic N) is 2.